The molecule has 0 bridgehead atoms. The Morgan fingerprint density at radius 3 is 2.43 bits per heavy atom. The largest absolute Gasteiger partial charge is 0.369 e. The predicted octanol–water partition coefficient (Wildman–Crippen LogP) is 0.886. The van der Waals surface area contributed by atoms with E-state index in [9.17, 15) is 8.42 Å². The summed E-state index contributed by atoms with van der Waals surface area (Å²) in [5.41, 5.74) is 3.32. The molecule has 0 aliphatic rings. The maximum atomic E-state index is 11.1. The Labute approximate surface area is 123 Å². The average Bonchev–Trinajstić information content (AvgIpc) is 2.46. The van der Waals surface area contributed by atoms with E-state index in [1.165, 1.54) is 6.26 Å². The first-order chi connectivity index (χ1) is 9.98. The Hall–Kier alpha value is -2.19. The SMILES string of the molecule is CS(=O)(=O)CCNc1cc(NN)nc(-c2ccccc2)n1. The van der Waals surface area contributed by atoms with Crippen molar-refractivity contribution in [3.05, 3.63) is 36.4 Å². The quantitative estimate of drug-likeness (QED) is 0.537. The van der Waals surface area contributed by atoms with Crippen LogP contribution in [0, 0.1) is 0 Å². The predicted molar refractivity (Wildman–Crippen MR) is 83.5 cm³/mol. The molecule has 0 amide bonds. The highest BCUT2D eigenvalue weighted by Gasteiger charge is 2.07. The first-order valence-corrected chi connectivity index (χ1v) is 8.37. The van der Waals surface area contributed by atoms with Crippen LogP contribution in [0.25, 0.3) is 11.4 Å². The molecule has 112 valence electrons. The van der Waals surface area contributed by atoms with Crippen molar-refractivity contribution in [2.24, 2.45) is 5.84 Å². The van der Waals surface area contributed by atoms with E-state index in [2.05, 4.69) is 20.7 Å². The molecule has 0 unspecified atom stereocenters. The van der Waals surface area contributed by atoms with Crippen LogP contribution >= 0.6 is 0 Å². The van der Waals surface area contributed by atoms with Crippen LogP contribution in [0.15, 0.2) is 36.4 Å². The number of hydrogen-bond donors (Lipinski definition) is 3. The second-order valence-corrected chi connectivity index (χ2v) is 6.79. The third-order valence-corrected chi connectivity index (χ3v) is 3.63. The molecule has 0 spiro atoms. The third-order valence-electron chi connectivity index (χ3n) is 2.68. The number of benzene rings is 1. The van der Waals surface area contributed by atoms with Crippen molar-refractivity contribution < 1.29 is 8.42 Å². The van der Waals surface area contributed by atoms with Crippen LogP contribution in [-0.2, 0) is 9.84 Å². The monoisotopic (exact) mass is 307 g/mol. The van der Waals surface area contributed by atoms with Crippen LogP contribution in [0.4, 0.5) is 11.6 Å². The van der Waals surface area contributed by atoms with Crippen LogP contribution < -0.4 is 16.6 Å². The highest BCUT2D eigenvalue weighted by molar-refractivity contribution is 7.90. The van der Waals surface area contributed by atoms with E-state index in [1.54, 1.807) is 6.07 Å². The highest BCUT2D eigenvalue weighted by Crippen LogP contribution is 2.19. The summed E-state index contributed by atoms with van der Waals surface area (Å²) in [5, 5.41) is 2.96. The van der Waals surface area contributed by atoms with E-state index >= 15 is 0 Å². The number of aromatic nitrogens is 2. The highest BCUT2D eigenvalue weighted by atomic mass is 32.2. The molecular formula is C13H17N5O2S. The van der Waals surface area contributed by atoms with Crippen LogP contribution in [0.5, 0.6) is 0 Å². The molecule has 7 nitrogen and oxygen atoms in total. The zero-order chi connectivity index (χ0) is 15.3. The lowest BCUT2D eigenvalue weighted by molar-refractivity contribution is 0.602. The van der Waals surface area contributed by atoms with Crippen LogP contribution in [0.2, 0.25) is 0 Å². The number of sulfone groups is 1. The molecule has 0 saturated carbocycles. The lowest BCUT2D eigenvalue weighted by atomic mass is 10.2. The minimum atomic E-state index is -3.02. The summed E-state index contributed by atoms with van der Waals surface area (Å²) in [6, 6.07) is 11.1. The number of anilines is 2. The number of nitrogens with two attached hydrogens (primary N) is 1. The van der Waals surface area contributed by atoms with Gasteiger partial charge in [0, 0.05) is 24.4 Å². The molecule has 0 saturated heterocycles. The lowest BCUT2D eigenvalue weighted by Crippen LogP contribution is -2.16. The lowest BCUT2D eigenvalue weighted by Gasteiger charge is -2.09. The summed E-state index contributed by atoms with van der Waals surface area (Å²) < 4.78 is 22.3. The van der Waals surface area contributed by atoms with Crippen molar-refractivity contribution in [1.82, 2.24) is 9.97 Å². The Morgan fingerprint density at radius 2 is 1.81 bits per heavy atom. The smallest absolute Gasteiger partial charge is 0.163 e. The molecule has 0 fully saturated rings. The molecule has 0 atom stereocenters. The summed E-state index contributed by atoms with van der Waals surface area (Å²) in [6.07, 6.45) is 1.19. The van der Waals surface area contributed by atoms with Gasteiger partial charge in [0.2, 0.25) is 0 Å². The topological polar surface area (TPSA) is 110 Å². The number of rotatable bonds is 6. The van der Waals surface area contributed by atoms with Gasteiger partial charge in [-0.25, -0.2) is 24.2 Å². The van der Waals surface area contributed by atoms with Gasteiger partial charge in [0.25, 0.3) is 0 Å². The van der Waals surface area contributed by atoms with Crippen molar-refractivity contribution >= 4 is 21.5 Å². The fraction of sp³-hybridized carbons (Fsp3) is 0.231. The minimum absolute atomic E-state index is 0.0308. The van der Waals surface area contributed by atoms with Gasteiger partial charge in [-0.2, -0.15) is 0 Å². The van der Waals surface area contributed by atoms with Crippen molar-refractivity contribution in [2.45, 2.75) is 0 Å². The van der Waals surface area contributed by atoms with E-state index < -0.39 is 9.84 Å². The van der Waals surface area contributed by atoms with Gasteiger partial charge in [-0.1, -0.05) is 30.3 Å². The average molecular weight is 307 g/mol. The van der Waals surface area contributed by atoms with Crippen LogP contribution in [-0.4, -0.2) is 36.9 Å². The maximum Gasteiger partial charge on any atom is 0.163 e. The number of nitrogen functional groups attached to an aromatic ring is 1. The molecule has 0 radical (unpaired) electrons. The molecule has 8 heteroatoms. The molecule has 0 aliphatic heterocycles. The van der Waals surface area contributed by atoms with Crippen molar-refractivity contribution in [2.75, 3.05) is 29.3 Å². The first-order valence-electron chi connectivity index (χ1n) is 6.30. The molecule has 4 N–H and O–H groups in total. The zero-order valence-corrected chi connectivity index (χ0v) is 12.4. The van der Waals surface area contributed by atoms with E-state index in [-0.39, 0.29) is 12.3 Å². The van der Waals surface area contributed by atoms with E-state index in [0.29, 0.717) is 17.5 Å². The summed E-state index contributed by atoms with van der Waals surface area (Å²) in [4.78, 5) is 8.63. The molecule has 2 aromatic rings. The zero-order valence-electron chi connectivity index (χ0n) is 11.6. The van der Waals surface area contributed by atoms with Gasteiger partial charge >= 0.3 is 0 Å². The Morgan fingerprint density at radius 1 is 1.14 bits per heavy atom. The van der Waals surface area contributed by atoms with Crippen molar-refractivity contribution in [3.63, 3.8) is 0 Å². The molecule has 1 aromatic heterocycles. The molecule has 2 rings (SSSR count). The molecule has 1 aromatic carbocycles. The fourth-order valence-corrected chi connectivity index (χ4v) is 2.17. The summed E-state index contributed by atoms with van der Waals surface area (Å²) in [6.45, 7) is 0.272. The number of nitrogens with zero attached hydrogens (tertiary/aromatic N) is 2. The number of hydrogen-bond acceptors (Lipinski definition) is 7. The maximum absolute atomic E-state index is 11.1. The van der Waals surface area contributed by atoms with Gasteiger partial charge in [0.1, 0.15) is 21.5 Å². The first kappa shape index (κ1) is 15.2. The van der Waals surface area contributed by atoms with Crippen molar-refractivity contribution in [3.8, 4) is 11.4 Å². The third kappa shape index (κ3) is 4.69. The van der Waals surface area contributed by atoms with Gasteiger partial charge in [0.05, 0.1) is 5.75 Å². The van der Waals surface area contributed by atoms with Gasteiger partial charge < -0.3 is 10.7 Å². The molecule has 0 aliphatic carbocycles. The fourth-order valence-electron chi connectivity index (χ4n) is 1.69. The molecule has 1 heterocycles. The van der Waals surface area contributed by atoms with Gasteiger partial charge in [-0.15, -0.1) is 0 Å². The number of nitrogens with one attached hydrogen (secondary N) is 2. The normalized spacial score (nSPS) is 11.1. The van der Waals surface area contributed by atoms with Crippen LogP contribution in [0.3, 0.4) is 0 Å². The Bertz CT molecular complexity index is 704. The second kappa shape index (κ2) is 6.51. The van der Waals surface area contributed by atoms with E-state index in [1.807, 2.05) is 30.3 Å². The van der Waals surface area contributed by atoms with Gasteiger partial charge in [-0.05, 0) is 0 Å². The van der Waals surface area contributed by atoms with E-state index in [4.69, 9.17) is 5.84 Å². The van der Waals surface area contributed by atoms with E-state index in [0.717, 1.165) is 5.56 Å². The van der Waals surface area contributed by atoms with Gasteiger partial charge in [0.15, 0.2) is 5.82 Å². The van der Waals surface area contributed by atoms with Crippen molar-refractivity contribution in [1.29, 1.82) is 0 Å². The molecular weight excluding hydrogens is 290 g/mol. The summed E-state index contributed by atoms with van der Waals surface area (Å²) in [7, 11) is -3.02. The second-order valence-electron chi connectivity index (χ2n) is 4.53. The Balaban J connectivity index is 2.22. The number of hydrazine groups is 1. The summed E-state index contributed by atoms with van der Waals surface area (Å²) in [5.74, 6) is 6.90. The standard InChI is InChI=1S/C13H17N5O2S/c1-21(19,20)8-7-15-11-9-12(18-14)17-13(16-11)10-5-3-2-4-6-10/h2-6,9H,7-8,14H2,1H3,(H2,15,16,17,18). The van der Waals surface area contributed by atoms with Crippen LogP contribution in [0.1, 0.15) is 0 Å². The molecule has 21 heavy (non-hydrogen) atoms. The summed E-state index contributed by atoms with van der Waals surface area (Å²) >= 11 is 0. The van der Waals surface area contributed by atoms with Gasteiger partial charge in [-0.3, -0.25) is 0 Å². The minimum Gasteiger partial charge on any atom is -0.369 e. The Kier molecular flexibility index (Phi) is 4.71.